The number of aromatic nitrogens is 2. The summed E-state index contributed by atoms with van der Waals surface area (Å²) < 4.78 is 25.2. The lowest BCUT2D eigenvalue weighted by Crippen LogP contribution is -2.46. The second-order valence-electron chi connectivity index (χ2n) is 18.5. The van der Waals surface area contributed by atoms with E-state index in [1.54, 1.807) is 109 Å². The molecule has 12 rings (SSSR count). The van der Waals surface area contributed by atoms with Crippen LogP contribution in [-0.4, -0.2) is 53.3 Å². The molecule has 8 aromatic rings. The van der Waals surface area contributed by atoms with Gasteiger partial charge in [-0.3, -0.25) is 19.2 Å². The third kappa shape index (κ3) is 8.47. The van der Waals surface area contributed by atoms with Crippen molar-refractivity contribution in [2.24, 2.45) is 0 Å². The van der Waals surface area contributed by atoms with Crippen LogP contribution in [0.5, 0.6) is 0 Å². The van der Waals surface area contributed by atoms with Gasteiger partial charge in [-0.15, -0.1) is 22.7 Å². The van der Waals surface area contributed by atoms with Crippen LogP contribution in [0.2, 0.25) is 0 Å². The monoisotopic (exact) mass is 1130 g/mol. The largest absolute Gasteiger partial charge is 0.459 e. The van der Waals surface area contributed by atoms with E-state index >= 15 is 19.2 Å². The fourth-order valence-electron chi connectivity index (χ4n) is 10.2. The molecule has 380 valence electrons. The van der Waals surface area contributed by atoms with Gasteiger partial charge in [-0.1, -0.05) is 219 Å². The summed E-state index contributed by atoms with van der Waals surface area (Å²) >= 11 is 26.1. The Bertz CT molecular complexity index is 3530. The van der Waals surface area contributed by atoms with Crippen molar-refractivity contribution in [2.75, 3.05) is 0 Å². The first-order valence-corrected chi connectivity index (χ1v) is 27.7. The lowest BCUT2D eigenvalue weighted by Gasteiger charge is -2.27. The number of carbonyl (C=O) groups is 4. The van der Waals surface area contributed by atoms with Crippen LogP contribution in [0.1, 0.15) is 75.7 Å². The van der Waals surface area contributed by atoms with Crippen LogP contribution in [0.4, 0.5) is 0 Å². The lowest BCUT2D eigenvalue weighted by molar-refractivity contribution is -0.165. The molecule has 0 aliphatic heterocycles. The van der Waals surface area contributed by atoms with E-state index < -0.39 is 34.7 Å². The molecule has 0 saturated carbocycles. The molecule has 10 nitrogen and oxygen atoms in total. The number of hydrogen-bond acceptors (Lipinski definition) is 16. The van der Waals surface area contributed by atoms with Crippen molar-refractivity contribution in [3.05, 3.63) is 257 Å². The predicted molar refractivity (Wildman–Crippen MR) is 315 cm³/mol. The maximum Gasteiger partial charge on any atom is 0.334 e. The van der Waals surface area contributed by atoms with Gasteiger partial charge in [0.15, 0.2) is 0 Å². The molecule has 6 aromatic carbocycles. The fourth-order valence-corrected chi connectivity index (χ4v) is 14.0. The van der Waals surface area contributed by atoms with E-state index in [1.807, 2.05) is 72.8 Å². The number of thiazole rings is 2. The fraction of sp³-hybridized carbons (Fsp3) is 0.0968. The first-order chi connectivity index (χ1) is 38.0. The topological polar surface area (TPSA) is 131 Å². The summed E-state index contributed by atoms with van der Waals surface area (Å²) in [7, 11) is 0. The van der Waals surface area contributed by atoms with Gasteiger partial charge < -0.3 is 18.9 Å². The van der Waals surface area contributed by atoms with Crippen molar-refractivity contribution in [1.29, 1.82) is 0 Å². The quantitative estimate of drug-likeness (QED) is 0.0336. The molecule has 0 radical (unpaired) electrons. The van der Waals surface area contributed by atoms with Crippen molar-refractivity contribution in [3.8, 4) is 0 Å². The summed E-state index contributed by atoms with van der Waals surface area (Å²) in [5.41, 5.74) is 0.844. The second-order valence-corrected chi connectivity index (χ2v) is 22.2. The molecular weight excluding hydrogens is 1090 g/mol. The Hall–Kier alpha value is -7.96. The number of allylic oxidation sites excluding steroid dienone is 2. The number of ether oxygens (including phenoxy) is 4. The van der Waals surface area contributed by atoms with Gasteiger partial charge in [-0.2, -0.15) is 0 Å². The van der Waals surface area contributed by atoms with E-state index in [9.17, 15) is 0 Å². The maximum atomic E-state index is 16.0. The van der Waals surface area contributed by atoms with Crippen LogP contribution in [0, 0.1) is 0 Å². The lowest BCUT2D eigenvalue weighted by atomic mass is 9.79. The maximum absolute atomic E-state index is 16.0. The normalized spacial score (nSPS) is 15.0. The number of hydrogen-bond donors (Lipinski definition) is 0. The van der Waals surface area contributed by atoms with Crippen LogP contribution in [0.25, 0.3) is 23.3 Å². The Morgan fingerprint density at radius 2 is 0.628 bits per heavy atom. The van der Waals surface area contributed by atoms with Crippen molar-refractivity contribution in [3.63, 3.8) is 0 Å². The standard InChI is InChI=1S/C62H38N2O8S6/c65-57(69-31-35-17-5-1-6-18-35)61(58(66)70-32-36-19-7-2-8-20-36)47-48(54-55(61)63-45(78-54)29-43-49(73)39-25-13-14-26-40(39)50(43)74)62(59(67)71-33-37-21-9-3-10-22-37,60(68)72-34-38-23-11-4-12-24-38)56-53(47)77-46(64-56)30-44-51(75)41-27-15-16-28-42(41)52(44)76/h1-30H,31-34H2. The van der Waals surface area contributed by atoms with E-state index in [0.717, 1.165) is 44.9 Å². The summed E-state index contributed by atoms with van der Waals surface area (Å²) in [6.07, 6.45) is 3.40. The second kappa shape index (κ2) is 20.8. The number of rotatable bonds is 14. The number of carbonyl (C=O) groups excluding carboxylic acids is 4. The molecule has 0 fully saturated rings. The van der Waals surface area contributed by atoms with Gasteiger partial charge in [0.05, 0.1) is 40.6 Å². The Kier molecular flexibility index (Phi) is 13.5. The Balaban J connectivity index is 1.13. The minimum absolute atomic E-state index is 0.0868. The highest BCUT2D eigenvalue weighted by Crippen LogP contribution is 2.66. The van der Waals surface area contributed by atoms with E-state index in [4.69, 9.17) is 77.8 Å². The summed E-state index contributed by atoms with van der Waals surface area (Å²) in [6, 6.07) is 50.9. The molecular formula is C62H38N2O8S6. The Labute approximate surface area is 476 Å². The molecule has 78 heavy (non-hydrogen) atoms. The minimum atomic E-state index is -2.62. The van der Waals surface area contributed by atoms with Crippen LogP contribution in [-0.2, 0) is 75.4 Å². The summed E-state index contributed by atoms with van der Waals surface area (Å²) in [4.78, 5) is 76.6. The SMILES string of the molecule is O=C(OCc1ccccc1)C1(C(=O)OCc2ccccc2)C2=C(c3sc(C=C4C(=S)c5ccccc5C4=S)nc31)C(C(=O)OCc1ccccc1)(C(=O)OCc1ccccc1)c1nc(C=C3C(=S)c4ccccc4C3=S)sc12. The molecule has 0 spiro atoms. The molecule has 0 amide bonds. The van der Waals surface area contributed by atoms with Crippen LogP contribution < -0.4 is 0 Å². The molecule has 0 bridgehead atoms. The van der Waals surface area contributed by atoms with Gasteiger partial charge in [-0.25, -0.2) is 9.97 Å². The predicted octanol–water partition coefficient (Wildman–Crippen LogP) is 12.1. The molecule has 2 heterocycles. The molecule has 0 unspecified atom stereocenters. The van der Waals surface area contributed by atoms with Gasteiger partial charge in [0.1, 0.15) is 36.4 Å². The van der Waals surface area contributed by atoms with Crippen LogP contribution in [0.15, 0.2) is 181 Å². The highest BCUT2D eigenvalue weighted by atomic mass is 32.1. The minimum Gasteiger partial charge on any atom is -0.459 e. The van der Waals surface area contributed by atoms with Gasteiger partial charge in [0, 0.05) is 44.5 Å². The number of fused-ring (bicyclic) bond motifs is 6. The van der Waals surface area contributed by atoms with Crippen molar-refractivity contribution in [2.45, 2.75) is 37.3 Å². The molecule has 0 N–H and O–H groups in total. The first kappa shape index (κ1) is 50.8. The molecule has 2 aromatic heterocycles. The third-order valence-electron chi connectivity index (χ3n) is 13.9. The number of esters is 4. The highest BCUT2D eigenvalue weighted by Gasteiger charge is 2.73. The Morgan fingerprint density at radius 3 is 0.885 bits per heavy atom. The van der Waals surface area contributed by atoms with Crippen molar-refractivity contribution >= 4 is 138 Å². The smallest absolute Gasteiger partial charge is 0.334 e. The number of thiocarbonyl (C=S) groups is 4. The van der Waals surface area contributed by atoms with E-state index in [1.165, 1.54) is 0 Å². The van der Waals surface area contributed by atoms with Crippen molar-refractivity contribution in [1.82, 2.24) is 9.97 Å². The number of benzene rings is 6. The molecule has 0 atom stereocenters. The molecule has 0 saturated heterocycles. The third-order valence-corrected chi connectivity index (χ3v) is 17.7. The zero-order chi connectivity index (χ0) is 53.7. The zero-order valence-corrected chi connectivity index (χ0v) is 45.7. The van der Waals surface area contributed by atoms with E-state index in [2.05, 4.69) is 0 Å². The first-order valence-electron chi connectivity index (χ1n) is 24.4. The van der Waals surface area contributed by atoms with E-state index in [-0.39, 0.29) is 68.7 Å². The van der Waals surface area contributed by atoms with E-state index in [0.29, 0.717) is 52.9 Å². The van der Waals surface area contributed by atoms with Crippen molar-refractivity contribution < 1.29 is 38.1 Å². The molecule has 16 heteroatoms. The average Bonchev–Trinajstić information content (AvgIpc) is 3.54. The molecule has 4 aliphatic rings. The van der Waals surface area contributed by atoms with Gasteiger partial charge in [0.25, 0.3) is 0 Å². The van der Waals surface area contributed by atoms with Crippen LogP contribution in [0.3, 0.4) is 0 Å². The average molecular weight is 1130 g/mol. The Morgan fingerprint density at radius 1 is 0.385 bits per heavy atom. The van der Waals surface area contributed by atoms with Gasteiger partial charge >= 0.3 is 23.9 Å². The molecule has 4 aliphatic carbocycles. The zero-order valence-electron chi connectivity index (χ0n) is 40.8. The summed E-state index contributed by atoms with van der Waals surface area (Å²) in [5.74, 6) is -4.34. The van der Waals surface area contributed by atoms with Crippen LogP contribution >= 0.6 is 71.5 Å². The highest BCUT2D eigenvalue weighted by molar-refractivity contribution is 7.84. The summed E-state index contributed by atoms with van der Waals surface area (Å²) in [5, 5.41) is 0.492. The summed E-state index contributed by atoms with van der Waals surface area (Å²) in [6.45, 7) is -1.12. The van der Waals surface area contributed by atoms with Gasteiger partial charge in [-0.05, 0) is 34.4 Å². The number of nitrogens with zero attached hydrogens (tertiary/aromatic N) is 2. The van der Waals surface area contributed by atoms with Gasteiger partial charge in [0.2, 0.25) is 10.8 Å².